The molecule has 3 rings (SSSR count). The van der Waals surface area contributed by atoms with Crippen LogP contribution in [0, 0.1) is 11.6 Å². The third-order valence-electron chi connectivity index (χ3n) is 4.18. The minimum atomic E-state index is -0.624. The van der Waals surface area contributed by atoms with E-state index in [0.29, 0.717) is 12.1 Å². The van der Waals surface area contributed by atoms with E-state index < -0.39 is 11.6 Å². The van der Waals surface area contributed by atoms with Crippen LogP contribution < -0.4 is 10.6 Å². The smallest absolute Gasteiger partial charge is 0.238 e. The number of benzene rings is 1. The van der Waals surface area contributed by atoms with Crippen LogP contribution in [0.15, 0.2) is 18.2 Å². The van der Waals surface area contributed by atoms with E-state index in [9.17, 15) is 13.6 Å². The summed E-state index contributed by atoms with van der Waals surface area (Å²) in [6, 6.07) is 4.04. The molecule has 0 aliphatic carbocycles. The standard InChI is InChI=1S/C15H19F2N3O.ClH/c16-10-1-4-13(17)14(7-10)19-15(21)9-20-6-5-11-2-3-12(8-20)18-11;/h1,4,7,11-12,18H,2-3,5-6,8-9H2,(H,19,21);1H. The highest BCUT2D eigenvalue weighted by molar-refractivity contribution is 5.92. The molecule has 2 aliphatic heterocycles. The van der Waals surface area contributed by atoms with Gasteiger partial charge in [-0.2, -0.15) is 0 Å². The molecule has 1 aromatic rings. The minimum absolute atomic E-state index is 0. The van der Waals surface area contributed by atoms with Crippen LogP contribution in [0.1, 0.15) is 19.3 Å². The molecular formula is C15H20ClF2N3O. The maximum Gasteiger partial charge on any atom is 0.238 e. The quantitative estimate of drug-likeness (QED) is 0.892. The maximum atomic E-state index is 13.5. The summed E-state index contributed by atoms with van der Waals surface area (Å²) in [6.45, 7) is 1.89. The predicted octanol–water partition coefficient (Wildman–Crippen LogP) is 2.15. The van der Waals surface area contributed by atoms with Crippen molar-refractivity contribution >= 4 is 24.0 Å². The molecular weight excluding hydrogens is 312 g/mol. The number of hydrogen-bond donors (Lipinski definition) is 2. The number of carbonyl (C=O) groups excluding carboxylic acids is 1. The summed E-state index contributed by atoms with van der Waals surface area (Å²) in [5, 5.41) is 5.99. The van der Waals surface area contributed by atoms with Crippen LogP contribution in [0.2, 0.25) is 0 Å². The fraction of sp³-hybridized carbons (Fsp3) is 0.533. The Kier molecular flexibility index (Phi) is 5.72. The van der Waals surface area contributed by atoms with Gasteiger partial charge in [0, 0.05) is 31.2 Å². The molecule has 2 fully saturated rings. The summed E-state index contributed by atoms with van der Waals surface area (Å²) in [7, 11) is 0. The number of hydrogen-bond acceptors (Lipinski definition) is 3. The molecule has 2 bridgehead atoms. The average molecular weight is 332 g/mol. The number of amides is 1. The van der Waals surface area contributed by atoms with E-state index in [1.54, 1.807) is 0 Å². The second-order valence-electron chi connectivity index (χ2n) is 5.83. The van der Waals surface area contributed by atoms with Crippen molar-refractivity contribution in [1.82, 2.24) is 10.2 Å². The van der Waals surface area contributed by atoms with Crippen molar-refractivity contribution in [3.05, 3.63) is 29.8 Å². The number of carbonyl (C=O) groups is 1. The van der Waals surface area contributed by atoms with E-state index in [1.165, 1.54) is 6.42 Å². The Hall–Kier alpha value is -1.24. The van der Waals surface area contributed by atoms with Crippen LogP contribution in [0.5, 0.6) is 0 Å². The van der Waals surface area contributed by atoms with Gasteiger partial charge in [0.15, 0.2) is 0 Å². The van der Waals surface area contributed by atoms with Gasteiger partial charge < -0.3 is 10.6 Å². The summed E-state index contributed by atoms with van der Waals surface area (Å²) in [6.07, 6.45) is 3.37. The highest BCUT2D eigenvalue weighted by Crippen LogP contribution is 2.20. The highest BCUT2D eigenvalue weighted by atomic mass is 35.5. The summed E-state index contributed by atoms with van der Waals surface area (Å²) in [5.74, 6) is -1.50. The van der Waals surface area contributed by atoms with Crippen LogP contribution in [0.4, 0.5) is 14.5 Å². The summed E-state index contributed by atoms with van der Waals surface area (Å²) in [4.78, 5) is 14.1. The van der Waals surface area contributed by atoms with Crippen molar-refractivity contribution in [3.8, 4) is 0 Å². The van der Waals surface area contributed by atoms with Crippen molar-refractivity contribution in [2.75, 3.05) is 25.0 Å². The molecule has 0 saturated carbocycles. The molecule has 1 aromatic carbocycles. The molecule has 2 saturated heterocycles. The number of nitrogens with zero attached hydrogens (tertiary/aromatic N) is 1. The van der Waals surface area contributed by atoms with Crippen molar-refractivity contribution in [2.24, 2.45) is 0 Å². The van der Waals surface area contributed by atoms with Gasteiger partial charge in [-0.25, -0.2) is 8.78 Å². The van der Waals surface area contributed by atoms with E-state index in [2.05, 4.69) is 15.5 Å². The van der Waals surface area contributed by atoms with Crippen LogP contribution in [-0.2, 0) is 4.79 Å². The first-order valence-corrected chi connectivity index (χ1v) is 7.33. The van der Waals surface area contributed by atoms with Crippen molar-refractivity contribution in [1.29, 1.82) is 0 Å². The maximum absolute atomic E-state index is 13.5. The zero-order chi connectivity index (χ0) is 14.8. The molecule has 7 heteroatoms. The minimum Gasteiger partial charge on any atom is -0.322 e. The molecule has 2 atom stereocenters. The second-order valence-corrected chi connectivity index (χ2v) is 5.83. The zero-order valence-electron chi connectivity index (χ0n) is 12.1. The summed E-state index contributed by atoms with van der Waals surface area (Å²) >= 11 is 0. The first-order valence-electron chi connectivity index (χ1n) is 7.33. The van der Waals surface area contributed by atoms with Gasteiger partial charge in [-0.05, 0) is 31.4 Å². The molecule has 2 heterocycles. The lowest BCUT2D eigenvalue weighted by molar-refractivity contribution is -0.117. The van der Waals surface area contributed by atoms with E-state index in [0.717, 1.165) is 44.1 Å². The number of rotatable bonds is 3. The van der Waals surface area contributed by atoms with E-state index >= 15 is 0 Å². The largest absolute Gasteiger partial charge is 0.322 e. The number of anilines is 1. The Morgan fingerprint density at radius 1 is 1.27 bits per heavy atom. The van der Waals surface area contributed by atoms with E-state index in [1.807, 2.05) is 0 Å². The topological polar surface area (TPSA) is 44.4 Å². The molecule has 122 valence electrons. The summed E-state index contributed by atoms with van der Waals surface area (Å²) < 4.78 is 26.6. The van der Waals surface area contributed by atoms with Gasteiger partial charge in [-0.3, -0.25) is 9.69 Å². The fourth-order valence-electron chi connectivity index (χ4n) is 3.15. The molecule has 4 nitrogen and oxygen atoms in total. The van der Waals surface area contributed by atoms with Gasteiger partial charge in [-0.15, -0.1) is 12.4 Å². The van der Waals surface area contributed by atoms with Crippen LogP contribution in [-0.4, -0.2) is 42.5 Å². The second kappa shape index (κ2) is 7.35. The molecule has 0 spiro atoms. The first kappa shape index (κ1) is 17.1. The predicted molar refractivity (Wildman–Crippen MR) is 83.2 cm³/mol. The fourth-order valence-corrected chi connectivity index (χ4v) is 3.15. The van der Waals surface area contributed by atoms with E-state index in [4.69, 9.17) is 0 Å². The number of fused-ring (bicyclic) bond motifs is 2. The molecule has 0 aromatic heterocycles. The lowest BCUT2D eigenvalue weighted by atomic mass is 10.1. The monoisotopic (exact) mass is 331 g/mol. The molecule has 22 heavy (non-hydrogen) atoms. The third kappa shape index (κ3) is 4.15. The van der Waals surface area contributed by atoms with Gasteiger partial charge in [0.1, 0.15) is 11.6 Å². The number of nitrogens with one attached hydrogen (secondary N) is 2. The Morgan fingerprint density at radius 2 is 2.05 bits per heavy atom. The normalized spacial score (nSPS) is 24.5. The third-order valence-corrected chi connectivity index (χ3v) is 4.18. The molecule has 0 radical (unpaired) electrons. The highest BCUT2D eigenvalue weighted by Gasteiger charge is 2.29. The van der Waals surface area contributed by atoms with Gasteiger partial charge >= 0.3 is 0 Å². The van der Waals surface area contributed by atoms with Crippen molar-refractivity contribution in [2.45, 2.75) is 31.3 Å². The van der Waals surface area contributed by atoms with Crippen LogP contribution >= 0.6 is 12.4 Å². The van der Waals surface area contributed by atoms with Gasteiger partial charge in [0.2, 0.25) is 5.91 Å². The molecule has 2 aliphatic rings. The summed E-state index contributed by atoms with van der Waals surface area (Å²) in [5.41, 5.74) is -0.102. The zero-order valence-corrected chi connectivity index (χ0v) is 13.0. The molecule has 2 unspecified atom stereocenters. The van der Waals surface area contributed by atoms with Crippen LogP contribution in [0.3, 0.4) is 0 Å². The first-order chi connectivity index (χ1) is 10.1. The van der Waals surface area contributed by atoms with E-state index in [-0.39, 0.29) is 30.5 Å². The van der Waals surface area contributed by atoms with Crippen molar-refractivity contribution in [3.63, 3.8) is 0 Å². The van der Waals surface area contributed by atoms with Crippen molar-refractivity contribution < 1.29 is 13.6 Å². The Labute approximate surface area is 134 Å². The lowest BCUT2D eigenvalue weighted by Crippen LogP contribution is -2.39. The van der Waals surface area contributed by atoms with Crippen LogP contribution in [0.25, 0.3) is 0 Å². The average Bonchev–Trinajstić information content (AvgIpc) is 2.77. The SMILES string of the molecule is Cl.O=C(CN1CCC2CCC(C1)N2)Nc1cc(F)ccc1F. The Bertz CT molecular complexity index is 544. The number of halogens is 3. The molecule has 2 N–H and O–H groups in total. The van der Waals surface area contributed by atoms with Gasteiger partial charge in [0.05, 0.1) is 12.2 Å². The lowest BCUT2D eigenvalue weighted by Gasteiger charge is -2.23. The molecule has 1 amide bonds. The van der Waals surface area contributed by atoms with Gasteiger partial charge in [-0.1, -0.05) is 0 Å². The van der Waals surface area contributed by atoms with Gasteiger partial charge in [0.25, 0.3) is 0 Å². The Morgan fingerprint density at radius 3 is 2.86 bits per heavy atom. The number of likely N-dealkylation sites (tertiary alicyclic amines) is 1. The Balaban J connectivity index is 0.00000176.